The molecular weight excluding hydrogens is 272 g/mol. The summed E-state index contributed by atoms with van der Waals surface area (Å²) in [7, 11) is 2.08. The van der Waals surface area contributed by atoms with Crippen LogP contribution in [0.25, 0.3) is 0 Å². The zero-order valence-corrected chi connectivity index (χ0v) is 12.4. The minimum Gasteiger partial charge on any atom is -0.404 e. The van der Waals surface area contributed by atoms with Crippen LogP contribution in [0, 0.1) is 5.41 Å². The molecule has 108 valence electrons. The first-order chi connectivity index (χ1) is 9.63. The number of amides is 1. The van der Waals surface area contributed by atoms with E-state index in [9.17, 15) is 4.79 Å². The largest absolute Gasteiger partial charge is 0.404 e. The molecule has 1 aromatic heterocycles. The van der Waals surface area contributed by atoms with E-state index in [0.717, 1.165) is 25.9 Å². The number of hydrogen-bond acceptors (Lipinski definition) is 5. The van der Waals surface area contributed by atoms with E-state index in [1.807, 2.05) is 10.8 Å². The first-order valence-corrected chi connectivity index (χ1v) is 7.59. The van der Waals surface area contributed by atoms with Gasteiger partial charge in [0.05, 0.1) is 5.56 Å². The van der Waals surface area contributed by atoms with Gasteiger partial charge in [0.15, 0.2) is 0 Å². The third-order valence-electron chi connectivity index (χ3n) is 3.55. The van der Waals surface area contributed by atoms with Crippen molar-refractivity contribution in [2.24, 2.45) is 5.73 Å². The van der Waals surface area contributed by atoms with Gasteiger partial charge in [-0.25, -0.2) is 0 Å². The smallest absolute Gasteiger partial charge is 0.260 e. The third-order valence-corrected chi connectivity index (χ3v) is 4.24. The predicted octanol–water partition coefficient (Wildman–Crippen LogP) is 1.73. The van der Waals surface area contributed by atoms with Crippen LogP contribution in [0.2, 0.25) is 0 Å². The fourth-order valence-electron chi connectivity index (χ4n) is 2.42. The Morgan fingerprint density at radius 1 is 1.55 bits per heavy atom. The molecular formula is C14H20N4OS. The first kappa shape index (κ1) is 14.7. The van der Waals surface area contributed by atoms with E-state index in [0.29, 0.717) is 5.56 Å². The van der Waals surface area contributed by atoms with Crippen molar-refractivity contribution in [3.05, 3.63) is 34.7 Å². The predicted molar refractivity (Wildman–Crippen MR) is 82.1 cm³/mol. The molecule has 5 nitrogen and oxygen atoms in total. The van der Waals surface area contributed by atoms with Crippen molar-refractivity contribution in [2.75, 3.05) is 20.1 Å². The SMILES string of the molecule is CN1CCC(N(C(=N)/C=C\N)C(=O)c2ccsc2)CC1. The molecule has 3 N–H and O–H groups in total. The van der Waals surface area contributed by atoms with Crippen molar-refractivity contribution in [1.29, 1.82) is 5.41 Å². The van der Waals surface area contributed by atoms with Gasteiger partial charge in [0.2, 0.25) is 0 Å². The van der Waals surface area contributed by atoms with Gasteiger partial charge in [-0.2, -0.15) is 11.3 Å². The Morgan fingerprint density at radius 3 is 2.80 bits per heavy atom. The summed E-state index contributed by atoms with van der Waals surface area (Å²) >= 11 is 1.49. The number of nitrogens with two attached hydrogens (primary N) is 1. The molecule has 0 aliphatic carbocycles. The summed E-state index contributed by atoms with van der Waals surface area (Å²) in [6.45, 7) is 1.88. The number of amidine groups is 1. The molecule has 0 saturated carbocycles. The second-order valence-electron chi connectivity index (χ2n) is 4.97. The summed E-state index contributed by atoms with van der Waals surface area (Å²) < 4.78 is 0. The lowest BCUT2D eigenvalue weighted by Crippen LogP contribution is -2.48. The van der Waals surface area contributed by atoms with Crippen LogP contribution in [-0.2, 0) is 0 Å². The number of hydrogen-bond donors (Lipinski definition) is 2. The molecule has 1 saturated heterocycles. The molecule has 0 radical (unpaired) electrons. The highest BCUT2D eigenvalue weighted by Crippen LogP contribution is 2.20. The second-order valence-corrected chi connectivity index (χ2v) is 5.75. The van der Waals surface area contributed by atoms with E-state index in [4.69, 9.17) is 11.1 Å². The molecule has 0 spiro atoms. The van der Waals surface area contributed by atoms with E-state index in [1.54, 1.807) is 11.0 Å². The minimum atomic E-state index is -0.107. The van der Waals surface area contributed by atoms with Crippen LogP contribution in [0.3, 0.4) is 0 Å². The molecule has 2 heterocycles. The third kappa shape index (κ3) is 3.26. The maximum absolute atomic E-state index is 12.6. The maximum Gasteiger partial charge on any atom is 0.260 e. The van der Waals surface area contributed by atoms with E-state index in [1.165, 1.54) is 23.6 Å². The first-order valence-electron chi connectivity index (χ1n) is 6.64. The lowest BCUT2D eigenvalue weighted by atomic mass is 10.0. The summed E-state index contributed by atoms with van der Waals surface area (Å²) in [5.41, 5.74) is 6.01. The Bertz CT molecular complexity index is 489. The van der Waals surface area contributed by atoms with E-state index < -0.39 is 0 Å². The average molecular weight is 292 g/mol. The zero-order chi connectivity index (χ0) is 14.5. The molecule has 20 heavy (non-hydrogen) atoms. The van der Waals surface area contributed by atoms with Crippen LogP contribution < -0.4 is 5.73 Å². The molecule has 1 aliphatic heterocycles. The molecule has 1 amide bonds. The lowest BCUT2D eigenvalue weighted by molar-refractivity contribution is 0.0749. The number of thiophene rings is 1. The van der Waals surface area contributed by atoms with Crippen LogP contribution in [0.5, 0.6) is 0 Å². The Hall–Kier alpha value is -1.66. The van der Waals surface area contributed by atoms with Crippen molar-refractivity contribution in [3.63, 3.8) is 0 Å². The molecule has 2 rings (SSSR count). The maximum atomic E-state index is 12.6. The van der Waals surface area contributed by atoms with Crippen LogP contribution in [-0.4, -0.2) is 47.7 Å². The normalized spacial score (nSPS) is 17.4. The molecule has 1 aliphatic rings. The number of carbonyl (C=O) groups excluding carboxylic acids is 1. The highest BCUT2D eigenvalue weighted by atomic mass is 32.1. The molecule has 6 heteroatoms. The standard InChI is InChI=1S/C14H20N4OS/c1-17-7-3-12(4-8-17)18(13(16)2-6-15)14(19)11-5-9-20-10-11/h2,5-6,9-10,12,16H,3-4,7-8,15H2,1H3/b6-2-,16-13?. The number of nitrogens with zero attached hydrogens (tertiary/aromatic N) is 2. The van der Waals surface area contributed by atoms with Gasteiger partial charge in [0.1, 0.15) is 5.84 Å². The second kappa shape index (κ2) is 6.67. The number of rotatable bonds is 3. The number of piperidine rings is 1. The molecule has 0 unspecified atom stereocenters. The minimum absolute atomic E-state index is 0.0716. The Kier molecular flexibility index (Phi) is 4.92. The van der Waals surface area contributed by atoms with Crippen molar-refractivity contribution in [2.45, 2.75) is 18.9 Å². The summed E-state index contributed by atoms with van der Waals surface area (Å²) in [4.78, 5) is 16.4. The highest BCUT2D eigenvalue weighted by Gasteiger charge is 2.29. The summed E-state index contributed by atoms with van der Waals surface area (Å²) in [6.07, 6.45) is 4.55. The van der Waals surface area contributed by atoms with Crippen molar-refractivity contribution >= 4 is 23.1 Å². The molecule has 0 aromatic carbocycles. The van der Waals surface area contributed by atoms with Crippen molar-refractivity contribution in [1.82, 2.24) is 9.80 Å². The van der Waals surface area contributed by atoms with E-state index in [-0.39, 0.29) is 17.8 Å². The topological polar surface area (TPSA) is 73.4 Å². The summed E-state index contributed by atoms with van der Waals surface area (Å²) in [5.74, 6) is 0.0576. The fourth-order valence-corrected chi connectivity index (χ4v) is 3.05. The van der Waals surface area contributed by atoms with Crippen LogP contribution >= 0.6 is 11.3 Å². The molecule has 0 bridgehead atoms. The van der Waals surface area contributed by atoms with Gasteiger partial charge in [-0.15, -0.1) is 0 Å². The Labute approximate surface area is 123 Å². The highest BCUT2D eigenvalue weighted by molar-refractivity contribution is 7.08. The summed E-state index contributed by atoms with van der Waals surface area (Å²) in [5, 5.41) is 11.8. The van der Waals surface area contributed by atoms with Gasteiger partial charge in [0.25, 0.3) is 5.91 Å². The number of carbonyl (C=O) groups is 1. The van der Waals surface area contributed by atoms with E-state index in [2.05, 4.69) is 11.9 Å². The van der Waals surface area contributed by atoms with Crippen molar-refractivity contribution < 1.29 is 4.79 Å². The van der Waals surface area contributed by atoms with Gasteiger partial charge in [0, 0.05) is 11.4 Å². The number of nitrogens with one attached hydrogen (secondary N) is 1. The monoisotopic (exact) mass is 292 g/mol. The number of likely N-dealkylation sites (tertiary alicyclic amines) is 1. The van der Waals surface area contributed by atoms with Gasteiger partial charge in [-0.05, 0) is 56.7 Å². The van der Waals surface area contributed by atoms with Gasteiger partial charge in [-0.1, -0.05) is 0 Å². The molecule has 1 aromatic rings. The fraction of sp³-hybridized carbons (Fsp3) is 0.429. The van der Waals surface area contributed by atoms with Gasteiger partial charge < -0.3 is 10.6 Å². The quantitative estimate of drug-likeness (QED) is 0.658. The zero-order valence-electron chi connectivity index (χ0n) is 11.6. The average Bonchev–Trinajstić information content (AvgIpc) is 2.95. The van der Waals surface area contributed by atoms with Gasteiger partial charge >= 0.3 is 0 Å². The van der Waals surface area contributed by atoms with Gasteiger partial charge in [-0.3, -0.25) is 15.1 Å². The molecule has 1 fully saturated rings. The van der Waals surface area contributed by atoms with Crippen LogP contribution in [0.1, 0.15) is 23.2 Å². The molecule has 0 atom stereocenters. The van der Waals surface area contributed by atoms with Crippen molar-refractivity contribution in [3.8, 4) is 0 Å². The van der Waals surface area contributed by atoms with Crippen LogP contribution in [0.15, 0.2) is 29.1 Å². The van der Waals surface area contributed by atoms with Crippen LogP contribution in [0.4, 0.5) is 0 Å². The lowest BCUT2D eigenvalue weighted by Gasteiger charge is -2.36. The Balaban J connectivity index is 2.20. The van der Waals surface area contributed by atoms with E-state index >= 15 is 0 Å². The Morgan fingerprint density at radius 2 is 2.25 bits per heavy atom. The summed E-state index contributed by atoms with van der Waals surface area (Å²) in [6, 6.07) is 1.87.